The molecule has 0 aliphatic carbocycles. The second kappa shape index (κ2) is 7.34. The number of pyridine rings is 2. The molecule has 0 aliphatic rings. The summed E-state index contributed by atoms with van der Waals surface area (Å²) in [5, 5.41) is 18.4. The average Bonchev–Trinajstić information content (AvgIpc) is 2.62. The molecule has 0 radical (unpaired) electrons. The third-order valence-corrected chi connectivity index (χ3v) is 4.44. The van der Waals surface area contributed by atoms with Gasteiger partial charge in [-0.2, -0.15) is 0 Å². The van der Waals surface area contributed by atoms with Crippen LogP contribution in [0.2, 0.25) is 5.02 Å². The molecule has 0 saturated heterocycles. The standard InChI is InChI=1S/C18H15ClFN3O4/c19-13-3-1-2-9(14(13)20)6-10-7-11-15(25)12(18(26)27)8-23(4-5-24)17(11)22-16(10)21/h1-3,7-8,24H,4-6H2,(H2,21,22)(H,26,27). The van der Waals surface area contributed by atoms with Crippen molar-refractivity contribution in [3.8, 4) is 0 Å². The van der Waals surface area contributed by atoms with Gasteiger partial charge in [0.25, 0.3) is 0 Å². The van der Waals surface area contributed by atoms with Gasteiger partial charge in [-0.3, -0.25) is 4.79 Å². The van der Waals surface area contributed by atoms with Crippen LogP contribution in [0, 0.1) is 5.82 Å². The Labute approximate surface area is 157 Å². The first kappa shape index (κ1) is 18.8. The second-order valence-electron chi connectivity index (χ2n) is 5.89. The number of aromatic nitrogens is 2. The summed E-state index contributed by atoms with van der Waals surface area (Å²) in [4.78, 5) is 28.1. The van der Waals surface area contributed by atoms with E-state index >= 15 is 0 Å². The Balaban J connectivity index is 2.23. The van der Waals surface area contributed by atoms with Gasteiger partial charge in [0.05, 0.1) is 17.0 Å². The number of benzene rings is 1. The molecule has 1 aromatic carbocycles. The molecule has 0 fully saturated rings. The van der Waals surface area contributed by atoms with E-state index in [0.29, 0.717) is 5.56 Å². The Morgan fingerprint density at radius 1 is 1.33 bits per heavy atom. The van der Waals surface area contributed by atoms with Crippen molar-refractivity contribution in [2.75, 3.05) is 12.3 Å². The molecule has 0 aliphatic heterocycles. The molecule has 0 saturated carbocycles. The lowest BCUT2D eigenvalue weighted by Gasteiger charge is -2.13. The molecular weight excluding hydrogens is 377 g/mol. The van der Waals surface area contributed by atoms with Crippen molar-refractivity contribution >= 4 is 34.4 Å². The Hall–Kier alpha value is -2.97. The summed E-state index contributed by atoms with van der Waals surface area (Å²) in [5.41, 5.74) is 5.56. The first-order valence-electron chi connectivity index (χ1n) is 7.93. The van der Waals surface area contributed by atoms with E-state index < -0.39 is 22.8 Å². The van der Waals surface area contributed by atoms with Crippen molar-refractivity contribution in [1.82, 2.24) is 9.55 Å². The number of hydrogen-bond acceptors (Lipinski definition) is 5. The Morgan fingerprint density at radius 2 is 2.07 bits per heavy atom. The second-order valence-corrected chi connectivity index (χ2v) is 6.29. The van der Waals surface area contributed by atoms with Crippen molar-refractivity contribution in [2.24, 2.45) is 0 Å². The van der Waals surface area contributed by atoms with Gasteiger partial charge in [-0.25, -0.2) is 14.2 Å². The number of carbonyl (C=O) groups is 1. The van der Waals surface area contributed by atoms with Gasteiger partial charge in [0.2, 0.25) is 5.43 Å². The minimum absolute atomic E-state index is 0.0231. The fourth-order valence-corrected chi connectivity index (χ4v) is 3.02. The minimum Gasteiger partial charge on any atom is -0.477 e. The van der Waals surface area contributed by atoms with Crippen LogP contribution in [0.25, 0.3) is 11.0 Å². The van der Waals surface area contributed by atoms with Crippen molar-refractivity contribution in [3.63, 3.8) is 0 Å². The summed E-state index contributed by atoms with van der Waals surface area (Å²) >= 11 is 5.79. The van der Waals surface area contributed by atoms with Gasteiger partial charge in [0.1, 0.15) is 22.8 Å². The number of fused-ring (bicyclic) bond motifs is 1. The summed E-state index contributed by atoms with van der Waals surface area (Å²) in [7, 11) is 0. The molecule has 140 valence electrons. The van der Waals surface area contributed by atoms with Crippen LogP contribution in [0.5, 0.6) is 0 Å². The number of rotatable bonds is 5. The van der Waals surface area contributed by atoms with Crippen LogP contribution in [0.1, 0.15) is 21.5 Å². The van der Waals surface area contributed by atoms with Gasteiger partial charge in [-0.1, -0.05) is 23.7 Å². The molecule has 0 amide bonds. The van der Waals surface area contributed by atoms with Crippen LogP contribution in [-0.2, 0) is 13.0 Å². The molecule has 0 atom stereocenters. The maximum Gasteiger partial charge on any atom is 0.341 e. The highest BCUT2D eigenvalue weighted by Crippen LogP contribution is 2.24. The summed E-state index contributed by atoms with van der Waals surface area (Å²) in [6, 6.07) is 5.93. The summed E-state index contributed by atoms with van der Waals surface area (Å²) < 4.78 is 15.5. The zero-order valence-corrected chi connectivity index (χ0v) is 14.7. The fourth-order valence-electron chi connectivity index (χ4n) is 2.83. The predicted octanol–water partition coefficient (Wildman–Crippen LogP) is 2.05. The minimum atomic E-state index is -1.40. The number of nitrogens with zero attached hydrogens (tertiary/aromatic N) is 2. The van der Waals surface area contributed by atoms with Crippen LogP contribution in [0.4, 0.5) is 10.2 Å². The lowest BCUT2D eigenvalue weighted by atomic mass is 10.0. The average molecular weight is 392 g/mol. The number of halogens is 2. The van der Waals surface area contributed by atoms with Gasteiger partial charge in [0.15, 0.2) is 0 Å². The molecule has 3 aromatic rings. The number of nitrogens with two attached hydrogens (primary N) is 1. The molecule has 4 N–H and O–H groups in total. The Kier molecular flexibility index (Phi) is 5.11. The lowest BCUT2D eigenvalue weighted by molar-refractivity contribution is 0.0694. The number of nitrogen functional groups attached to an aromatic ring is 1. The smallest absolute Gasteiger partial charge is 0.341 e. The largest absolute Gasteiger partial charge is 0.477 e. The van der Waals surface area contributed by atoms with Gasteiger partial charge >= 0.3 is 5.97 Å². The maximum absolute atomic E-state index is 14.2. The Bertz CT molecular complexity index is 1110. The molecular formula is C18H15ClFN3O4. The van der Waals surface area contributed by atoms with Crippen LogP contribution in [-0.4, -0.2) is 32.3 Å². The number of carboxylic acid groups (broad SMARTS) is 1. The summed E-state index contributed by atoms with van der Waals surface area (Å²) in [5.74, 6) is -1.93. The van der Waals surface area contributed by atoms with Crippen molar-refractivity contribution in [1.29, 1.82) is 0 Å². The van der Waals surface area contributed by atoms with Crippen molar-refractivity contribution < 1.29 is 19.4 Å². The van der Waals surface area contributed by atoms with Crippen LogP contribution in [0.15, 0.2) is 35.3 Å². The van der Waals surface area contributed by atoms with E-state index in [0.717, 1.165) is 6.20 Å². The highest BCUT2D eigenvalue weighted by Gasteiger charge is 2.18. The molecule has 0 unspecified atom stereocenters. The lowest BCUT2D eigenvalue weighted by Crippen LogP contribution is -2.21. The predicted molar refractivity (Wildman–Crippen MR) is 98.7 cm³/mol. The molecule has 27 heavy (non-hydrogen) atoms. The highest BCUT2D eigenvalue weighted by atomic mass is 35.5. The SMILES string of the molecule is Nc1nc2c(cc1Cc1cccc(Cl)c1F)c(=O)c(C(=O)O)cn2CCO. The van der Waals surface area contributed by atoms with E-state index in [2.05, 4.69) is 4.98 Å². The van der Waals surface area contributed by atoms with Gasteiger partial charge in [0, 0.05) is 19.2 Å². The highest BCUT2D eigenvalue weighted by molar-refractivity contribution is 6.30. The van der Waals surface area contributed by atoms with Crippen LogP contribution >= 0.6 is 11.6 Å². The molecule has 0 spiro atoms. The fraction of sp³-hybridized carbons (Fsp3) is 0.167. The number of hydrogen-bond donors (Lipinski definition) is 3. The zero-order valence-electron chi connectivity index (χ0n) is 13.9. The van der Waals surface area contributed by atoms with E-state index in [1.165, 1.54) is 22.8 Å². The van der Waals surface area contributed by atoms with Crippen molar-refractivity contribution in [2.45, 2.75) is 13.0 Å². The van der Waals surface area contributed by atoms with Crippen LogP contribution in [0.3, 0.4) is 0 Å². The molecule has 7 nitrogen and oxygen atoms in total. The first-order valence-corrected chi connectivity index (χ1v) is 8.31. The number of aliphatic hydroxyl groups excluding tert-OH is 1. The first-order chi connectivity index (χ1) is 12.8. The summed E-state index contributed by atoms with van der Waals surface area (Å²) in [6.45, 7) is -0.250. The van der Waals surface area contributed by atoms with Crippen molar-refractivity contribution in [3.05, 3.63) is 68.2 Å². The van der Waals surface area contributed by atoms with E-state index in [9.17, 15) is 24.2 Å². The Morgan fingerprint density at radius 3 is 2.74 bits per heavy atom. The van der Waals surface area contributed by atoms with Gasteiger partial charge in [-0.05, 0) is 23.3 Å². The third kappa shape index (κ3) is 3.49. The van der Waals surface area contributed by atoms with Crippen LogP contribution < -0.4 is 11.2 Å². The van der Waals surface area contributed by atoms with E-state index in [4.69, 9.17) is 17.3 Å². The van der Waals surface area contributed by atoms with Gasteiger partial charge < -0.3 is 20.5 Å². The maximum atomic E-state index is 14.2. The summed E-state index contributed by atoms with van der Waals surface area (Å²) in [6.07, 6.45) is 1.14. The van der Waals surface area contributed by atoms with Gasteiger partial charge in [-0.15, -0.1) is 0 Å². The monoisotopic (exact) mass is 391 g/mol. The number of aromatic carboxylic acids is 1. The normalized spacial score (nSPS) is 11.1. The quantitative estimate of drug-likeness (QED) is 0.612. The third-order valence-electron chi connectivity index (χ3n) is 4.14. The van der Waals surface area contributed by atoms with E-state index in [-0.39, 0.29) is 47.0 Å². The number of anilines is 1. The zero-order chi connectivity index (χ0) is 19.7. The number of carboxylic acids is 1. The molecule has 9 heteroatoms. The molecule has 0 bridgehead atoms. The molecule has 3 rings (SSSR count). The van der Waals surface area contributed by atoms with E-state index in [1.807, 2.05) is 0 Å². The topological polar surface area (TPSA) is 118 Å². The van der Waals surface area contributed by atoms with E-state index in [1.54, 1.807) is 6.07 Å². The molecule has 2 aromatic heterocycles. The molecule has 2 heterocycles. The number of aliphatic hydroxyl groups is 1.